The number of benzene rings is 1. The first-order chi connectivity index (χ1) is 12.5. The van der Waals surface area contributed by atoms with E-state index < -0.39 is 39.9 Å². The lowest BCUT2D eigenvalue weighted by molar-refractivity contribution is -0.000291. The van der Waals surface area contributed by atoms with E-state index in [1.165, 1.54) is 12.1 Å². The fourth-order valence-corrected chi connectivity index (χ4v) is 4.05. The zero-order valence-corrected chi connectivity index (χ0v) is 16.0. The summed E-state index contributed by atoms with van der Waals surface area (Å²) in [6.07, 6.45) is 3.19. The molecule has 3 unspecified atom stereocenters. The molecule has 0 saturated carbocycles. The van der Waals surface area contributed by atoms with Crippen LogP contribution in [-0.2, 0) is 19.6 Å². The summed E-state index contributed by atoms with van der Waals surface area (Å²) in [5.74, 6) is -2.10. The molecule has 0 amide bonds. The topological polar surface area (TPSA) is 99.1 Å². The number of halogens is 1. The molecule has 0 radical (unpaired) electrons. The predicted molar refractivity (Wildman–Crippen MR) is 93.8 cm³/mol. The van der Waals surface area contributed by atoms with Crippen LogP contribution in [0.1, 0.15) is 43.5 Å². The molecule has 7 nitrogen and oxygen atoms in total. The summed E-state index contributed by atoms with van der Waals surface area (Å²) in [7, 11) is -4.23. The number of rotatable bonds is 7. The first-order valence-electron chi connectivity index (χ1n) is 8.81. The van der Waals surface area contributed by atoms with E-state index >= 15 is 0 Å². The van der Waals surface area contributed by atoms with Gasteiger partial charge in [0.05, 0.1) is 17.8 Å². The van der Waals surface area contributed by atoms with Crippen LogP contribution in [0, 0.1) is 11.7 Å². The summed E-state index contributed by atoms with van der Waals surface area (Å²) < 4.78 is 60.8. The van der Waals surface area contributed by atoms with Gasteiger partial charge in [-0.25, -0.2) is 9.18 Å². The molecule has 0 aliphatic carbocycles. The second kappa shape index (κ2) is 7.37. The molecule has 27 heavy (non-hydrogen) atoms. The molecule has 150 valence electrons. The minimum Gasteiger partial charge on any atom is -0.484 e. The fraction of sp³-hybridized carbons (Fsp3) is 0.611. The Morgan fingerprint density at radius 2 is 2.11 bits per heavy atom. The highest BCUT2D eigenvalue weighted by Gasteiger charge is 2.49. The SMILES string of the molecule is CC(C)(Oc1cc(C(=O)OCCS(=O)(=O)O)ccc1F)C1CC2CCC1O2. The third-order valence-corrected chi connectivity index (χ3v) is 5.80. The first-order valence-corrected chi connectivity index (χ1v) is 10.4. The maximum Gasteiger partial charge on any atom is 0.338 e. The van der Waals surface area contributed by atoms with Gasteiger partial charge in [-0.05, 0) is 51.3 Å². The van der Waals surface area contributed by atoms with Crippen molar-refractivity contribution in [3.8, 4) is 5.75 Å². The molecule has 1 aromatic carbocycles. The van der Waals surface area contributed by atoms with Gasteiger partial charge in [-0.1, -0.05) is 0 Å². The minimum absolute atomic E-state index is 0.0294. The van der Waals surface area contributed by atoms with Crippen LogP contribution in [0.15, 0.2) is 18.2 Å². The van der Waals surface area contributed by atoms with E-state index in [1.54, 1.807) is 0 Å². The van der Waals surface area contributed by atoms with Gasteiger partial charge in [0.1, 0.15) is 18.0 Å². The largest absolute Gasteiger partial charge is 0.484 e. The molecule has 3 atom stereocenters. The minimum atomic E-state index is -4.23. The second-order valence-corrected chi connectivity index (χ2v) is 9.06. The number of carbonyl (C=O) groups is 1. The maximum atomic E-state index is 14.2. The Morgan fingerprint density at radius 1 is 1.37 bits per heavy atom. The Morgan fingerprint density at radius 3 is 2.70 bits per heavy atom. The molecule has 1 aromatic rings. The molecular formula is C18H23FO7S. The van der Waals surface area contributed by atoms with Gasteiger partial charge < -0.3 is 14.2 Å². The van der Waals surface area contributed by atoms with Crippen LogP contribution in [0.5, 0.6) is 5.75 Å². The van der Waals surface area contributed by atoms with Crippen LogP contribution in [0.4, 0.5) is 4.39 Å². The monoisotopic (exact) mass is 402 g/mol. The molecule has 3 rings (SSSR count). The number of carbonyl (C=O) groups excluding carboxylic acids is 1. The van der Waals surface area contributed by atoms with E-state index in [-0.39, 0.29) is 29.4 Å². The van der Waals surface area contributed by atoms with Crippen molar-refractivity contribution < 1.29 is 36.4 Å². The van der Waals surface area contributed by atoms with E-state index in [2.05, 4.69) is 0 Å². The molecular weight excluding hydrogens is 379 g/mol. The van der Waals surface area contributed by atoms with E-state index in [0.717, 1.165) is 25.3 Å². The summed E-state index contributed by atoms with van der Waals surface area (Å²) in [6.45, 7) is 3.25. The fourth-order valence-electron chi connectivity index (χ4n) is 3.76. The first kappa shape index (κ1) is 20.0. The van der Waals surface area contributed by atoms with Crippen LogP contribution >= 0.6 is 0 Å². The van der Waals surface area contributed by atoms with Gasteiger partial charge in [0, 0.05) is 5.92 Å². The molecule has 2 bridgehead atoms. The lowest BCUT2D eigenvalue weighted by Gasteiger charge is -2.36. The number of esters is 1. The number of hydrogen-bond acceptors (Lipinski definition) is 6. The molecule has 9 heteroatoms. The van der Waals surface area contributed by atoms with Crippen LogP contribution < -0.4 is 4.74 Å². The van der Waals surface area contributed by atoms with Crippen molar-refractivity contribution in [2.75, 3.05) is 12.4 Å². The number of ether oxygens (including phenoxy) is 3. The summed E-state index contributed by atoms with van der Waals surface area (Å²) in [5, 5.41) is 0. The highest BCUT2D eigenvalue weighted by Crippen LogP contribution is 2.45. The van der Waals surface area contributed by atoms with Gasteiger partial charge in [0.15, 0.2) is 11.6 Å². The van der Waals surface area contributed by atoms with Crippen LogP contribution in [0.3, 0.4) is 0 Å². The van der Waals surface area contributed by atoms with Crippen molar-refractivity contribution in [1.29, 1.82) is 0 Å². The Kier molecular flexibility index (Phi) is 5.47. The van der Waals surface area contributed by atoms with Crippen molar-refractivity contribution in [2.45, 2.75) is 50.9 Å². The molecule has 2 saturated heterocycles. The number of hydrogen-bond donors (Lipinski definition) is 1. The molecule has 2 aliphatic rings. The molecule has 2 fully saturated rings. The van der Waals surface area contributed by atoms with Crippen LogP contribution in [0.25, 0.3) is 0 Å². The summed E-state index contributed by atoms with van der Waals surface area (Å²) in [4.78, 5) is 12.0. The zero-order valence-electron chi connectivity index (χ0n) is 15.2. The van der Waals surface area contributed by atoms with Crippen molar-refractivity contribution in [1.82, 2.24) is 0 Å². The third kappa shape index (κ3) is 4.77. The maximum absolute atomic E-state index is 14.2. The molecule has 2 aliphatic heterocycles. The average molecular weight is 402 g/mol. The Labute approximate surface area is 157 Å². The average Bonchev–Trinajstić information content (AvgIpc) is 3.19. The van der Waals surface area contributed by atoms with Crippen LogP contribution in [-0.4, -0.2) is 49.1 Å². The Balaban J connectivity index is 1.68. The van der Waals surface area contributed by atoms with E-state index in [1.807, 2.05) is 13.8 Å². The molecule has 2 heterocycles. The van der Waals surface area contributed by atoms with Gasteiger partial charge >= 0.3 is 5.97 Å². The van der Waals surface area contributed by atoms with E-state index in [0.29, 0.717) is 0 Å². The summed E-state index contributed by atoms with van der Waals surface area (Å²) in [5.41, 5.74) is -0.657. The van der Waals surface area contributed by atoms with Gasteiger partial charge in [-0.3, -0.25) is 4.55 Å². The van der Waals surface area contributed by atoms with Gasteiger partial charge in [-0.2, -0.15) is 8.42 Å². The molecule has 0 spiro atoms. The Hall–Kier alpha value is -1.71. The van der Waals surface area contributed by atoms with Crippen LogP contribution in [0.2, 0.25) is 0 Å². The van der Waals surface area contributed by atoms with Crippen molar-refractivity contribution in [2.24, 2.45) is 5.92 Å². The zero-order chi connectivity index (χ0) is 19.8. The Bertz CT molecular complexity index is 821. The standard InChI is InChI=1S/C18H23FO7S/c1-18(2,13-10-12-4-6-15(13)25-12)26-16-9-11(3-5-14(16)19)17(20)24-7-8-27(21,22)23/h3,5,9,12-13,15H,4,6-8,10H2,1-2H3,(H,21,22,23). The lowest BCUT2D eigenvalue weighted by atomic mass is 9.78. The number of fused-ring (bicyclic) bond motifs is 2. The molecule has 0 aromatic heterocycles. The van der Waals surface area contributed by atoms with Crippen molar-refractivity contribution >= 4 is 16.1 Å². The smallest absolute Gasteiger partial charge is 0.338 e. The molecule has 1 N–H and O–H groups in total. The second-order valence-electron chi connectivity index (χ2n) is 7.49. The lowest BCUT2D eigenvalue weighted by Crippen LogP contribution is -2.42. The van der Waals surface area contributed by atoms with E-state index in [9.17, 15) is 17.6 Å². The third-order valence-electron chi connectivity index (χ3n) is 5.11. The van der Waals surface area contributed by atoms with Gasteiger partial charge in [0.2, 0.25) is 0 Å². The van der Waals surface area contributed by atoms with Gasteiger partial charge in [-0.15, -0.1) is 0 Å². The van der Waals surface area contributed by atoms with Gasteiger partial charge in [0.25, 0.3) is 10.1 Å². The highest BCUT2D eigenvalue weighted by atomic mass is 32.2. The predicted octanol–water partition coefficient (Wildman–Crippen LogP) is 2.60. The van der Waals surface area contributed by atoms with Crippen molar-refractivity contribution in [3.05, 3.63) is 29.6 Å². The summed E-state index contributed by atoms with van der Waals surface area (Å²) in [6, 6.07) is 3.56. The highest BCUT2D eigenvalue weighted by molar-refractivity contribution is 7.85. The normalized spacial score (nSPS) is 24.8. The summed E-state index contributed by atoms with van der Waals surface area (Å²) >= 11 is 0. The van der Waals surface area contributed by atoms with E-state index in [4.69, 9.17) is 18.8 Å². The quantitative estimate of drug-likeness (QED) is 0.553. The van der Waals surface area contributed by atoms with Crippen molar-refractivity contribution in [3.63, 3.8) is 0 Å².